The lowest BCUT2D eigenvalue weighted by Crippen LogP contribution is -2.39. The SMILES string of the molecule is OC(CNc1cccc(-c2cccc3[nH]cnc23)c1)CN1CCc2ccccc2C1. The number of para-hydroxylation sites is 1. The van der Waals surface area contributed by atoms with Gasteiger partial charge in [-0.1, -0.05) is 48.5 Å². The Morgan fingerprint density at radius 2 is 1.90 bits per heavy atom. The molecule has 1 unspecified atom stereocenters. The van der Waals surface area contributed by atoms with Gasteiger partial charge in [0.05, 0.1) is 23.5 Å². The number of nitrogens with zero attached hydrogens (tertiary/aromatic N) is 2. The minimum absolute atomic E-state index is 0.423. The lowest BCUT2D eigenvalue weighted by atomic mass is 10.00. The third-order valence-electron chi connectivity index (χ3n) is 5.84. The first-order valence-electron chi connectivity index (χ1n) is 10.5. The van der Waals surface area contributed by atoms with Crippen LogP contribution in [0.15, 0.2) is 73.1 Å². The summed E-state index contributed by atoms with van der Waals surface area (Å²) in [7, 11) is 0. The van der Waals surface area contributed by atoms with E-state index >= 15 is 0 Å². The van der Waals surface area contributed by atoms with Gasteiger partial charge in [0.2, 0.25) is 0 Å². The smallest absolute Gasteiger partial charge is 0.0960 e. The summed E-state index contributed by atoms with van der Waals surface area (Å²) < 4.78 is 0. The van der Waals surface area contributed by atoms with Crippen LogP contribution in [-0.4, -0.2) is 45.7 Å². The fourth-order valence-electron chi connectivity index (χ4n) is 4.30. The number of aromatic amines is 1. The zero-order valence-corrected chi connectivity index (χ0v) is 16.9. The summed E-state index contributed by atoms with van der Waals surface area (Å²) in [5.41, 5.74) is 8.03. The molecule has 1 aliphatic rings. The van der Waals surface area contributed by atoms with Crippen molar-refractivity contribution in [2.75, 3.05) is 25.0 Å². The molecule has 0 saturated carbocycles. The predicted molar refractivity (Wildman–Crippen MR) is 121 cm³/mol. The second-order valence-corrected chi connectivity index (χ2v) is 7.97. The second kappa shape index (κ2) is 8.30. The van der Waals surface area contributed by atoms with Crippen LogP contribution >= 0.6 is 0 Å². The second-order valence-electron chi connectivity index (χ2n) is 7.97. The molecule has 0 fully saturated rings. The van der Waals surface area contributed by atoms with Crippen LogP contribution in [0, 0.1) is 0 Å². The first kappa shape index (κ1) is 18.9. The van der Waals surface area contributed by atoms with E-state index in [1.54, 1.807) is 6.33 Å². The molecule has 0 spiro atoms. The van der Waals surface area contributed by atoms with E-state index in [9.17, 15) is 5.11 Å². The van der Waals surface area contributed by atoms with Crippen LogP contribution in [0.3, 0.4) is 0 Å². The Kier molecular flexibility index (Phi) is 5.22. The maximum atomic E-state index is 10.6. The topological polar surface area (TPSA) is 64.2 Å². The number of anilines is 1. The van der Waals surface area contributed by atoms with E-state index in [2.05, 4.69) is 62.6 Å². The summed E-state index contributed by atoms with van der Waals surface area (Å²) in [4.78, 5) is 9.96. The number of β-amino-alcohol motifs (C(OH)–C–C–N with tert-alkyl or cyclic N) is 1. The van der Waals surface area contributed by atoms with Crippen molar-refractivity contribution >= 4 is 16.7 Å². The number of nitrogens with one attached hydrogen (secondary N) is 2. The van der Waals surface area contributed by atoms with Crippen molar-refractivity contribution in [1.82, 2.24) is 14.9 Å². The van der Waals surface area contributed by atoms with Crippen LogP contribution in [0.25, 0.3) is 22.2 Å². The zero-order valence-electron chi connectivity index (χ0n) is 16.9. The van der Waals surface area contributed by atoms with Gasteiger partial charge in [-0.2, -0.15) is 0 Å². The Labute approximate surface area is 176 Å². The lowest BCUT2D eigenvalue weighted by Gasteiger charge is -2.30. The molecule has 2 heterocycles. The lowest BCUT2D eigenvalue weighted by molar-refractivity contribution is 0.114. The molecular weight excluding hydrogens is 372 g/mol. The number of rotatable bonds is 6. The predicted octanol–water partition coefficient (Wildman–Crippen LogP) is 4.06. The fourth-order valence-corrected chi connectivity index (χ4v) is 4.30. The summed E-state index contributed by atoms with van der Waals surface area (Å²) >= 11 is 0. The van der Waals surface area contributed by atoms with E-state index in [4.69, 9.17) is 0 Å². The minimum Gasteiger partial charge on any atom is -0.390 e. The van der Waals surface area contributed by atoms with Crippen LogP contribution in [-0.2, 0) is 13.0 Å². The third kappa shape index (κ3) is 3.95. The summed E-state index contributed by atoms with van der Waals surface area (Å²) in [6.45, 7) is 3.11. The third-order valence-corrected chi connectivity index (χ3v) is 5.84. The monoisotopic (exact) mass is 398 g/mol. The number of aliphatic hydroxyl groups is 1. The maximum absolute atomic E-state index is 10.6. The molecule has 0 saturated heterocycles. The van der Waals surface area contributed by atoms with Gasteiger partial charge in [0.25, 0.3) is 0 Å². The van der Waals surface area contributed by atoms with Crippen molar-refractivity contribution in [3.8, 4) is 11.1 Å². The Morgan fingerprint density at radius 3 is 2.83 bits per heavy atom. The first-order valence-corrected chi connectivity index (χ1v) is 10.5. The molecule has 5 heteroatoms. The quantitative estimate of drug-likeness (QED) is 0.458. The molecule has 30 heavy (non-hydrogen) atoms. The van der Waals surface area contributed by atoms with E-state index in [0.717, 1.165) is 47.4 Å². The Morgan fingerprint density at radius 1 is 1.03 bits per heavy atom. The largest absolute Gasteiger partial charge is 0.390 e. The molecule has 152 valence electrons. The van der Waals surface area contributed by atoms with E-state index in [1.165, 1.54) is 11.1 Å². The summed E-state index contributed by atoms with van der Waals surface area (Å²) in [6.07, 6.45) is 2.36. The summed E-state index contributed by atoms with van der Waals surface area (Å²) in [5, 5.41) is 14.0. The van der Waals surface area contributed by atoms with Gasteiger partial charge in [-0.25, -0.2) is 4.98 Å². The van der Waals surface area contributed by atoms with Gasteiger partial charge < -0.3 is 15.4 Å². The highest BCUT2D eigenvalue weighted by atomic mass is 16.3. The van der Waals surface area contributed by atoms with E-state index in [0.29, 0.717) is 13.1 Å². The van der Waals surface area contributed by atoms with Gasteiger partial charge in [0.1, 0.15) is 0 Å². The number of benzene rings is 3. The van der Waals surface area contributed by atoms with Crippen LogP contribution < -0.4 is 5.32 Å². The Balaban J connectivity index is 1.22. The van der Waals surface area contributed by atoms with Crippen molar-refractivity contribution in [3.05, 3.63) is 84.2 Å². The molecule has 0 amide bonds. The Bertz CT molecular complexity index is 1150. The van der Waals surface area contributed by atoms with Crippen molar-refractivity contribution in [2.45, 2.75) is 19.1 Å². The van der Waals surface area contributed by atoms with Crippen molar-refractivity contribution < 1.29 is 5.11 Å². The van der Waals surface area contributed by atoms with Gasteiger partial charge >= 0.3 is 0 Å². The molecule has 5 rings (SSSR count). The molecule has 1 aromatic heterocycles. The molecule has 3 N–H and O–H groups in total. The molecule has 1 atom stereocenters. The molecule has 0 radical (unpaired) electrons. The molecule has 3 aromatic carbocycles. The highest BCUT2D eigenvalue weighted by Crippen LogP contribution is 2.28. The highest BCUT2D eigenvalue weighted by Gasteiger charge is 2.18. The number of hydrogen-bond acceptors (Lipinski definition) is 4. The molecule has 0 bridgehead atoms. The van der Waals surface area contributed by atoms with Crippen molar-refractivity contribution in [2.24, 2.45) is 0 Å². The first-order chi connectivity index (χ1) is 14.8. The number of aliphatic hydroxyl groups excluding tert-OH is 1. The maximum Gasteiger partial charge on any atom is 0.0960 e. The minimum atomic E-state index is -0.423. The zero-order chi connectivity index (χ0) is 20.3. The Hall–Kier alpha value is -3.15. The van der Waals surface area contributed by atoms with Crippen LogP contribution in [0.5, 0.6) is 0 Å². The van der Waals surface area contributed by atoms with E-state index in [1.807, 2.05) is 24.3 Å². The number of hydrogen-bond donors (Lipinski definition) is 3. The molecule has 4 aromatic rings. The van der Waals surface area contributed by atoms with Crippen LogP contribution in [0.2, 0.25) is 0 Å². The van der Waals surface area contributed by atoms with Crippen LogP contribution in [0.1, 0.15) is 11.1 Å². The van der Waals surface area contributed by atoms with Crippen molar-refractivity contribution in [3.63, 3.8) is 0 Å². The van der Waals surface area contributed by atoms with Gasteiger partial charge in [0, 0.05) is 37.4 Å². The van der Waals surface area contributed by atoms with E-state index in [-0.39, 0.29) is 0 Å². The number of aromatic nitrogens is 2. The standard InChI is InChI=1S/C25H26N4O/c30-22(16-29-12-11-18-5-1-2-6-20(18)15-29)14-26-21-8-3-7-19(13-21)23-9-4-10-24-25(23)28-17-27-24/h1-10,13,17,22,26,30H,11-12,14-16H2,(H,27,28). The molecular formula is C25H26N4O. The molecule has 5 nitrogen and oxygen atoms in total. The summed E-state index contributed by atoms with van der Waals surface area (Å²) in [6, 6.07) is 23.0. The number of H-pyrrole nitrogens is 1. The fraction of sp³-hybridized carbons (Fsp3) is 0.240. The van der Waals surface area contributed by atoms with Gasteiger partial charge in [-0.3, -0.25) is 4.90 Å². The van der Waals surface area contributed by atoms with E-state index < -0.39 is 6.10 Å². The van der Waals surface area contributed by atoms with Gasteiger partial charge in [-0.15, -0.1) is 0 Å². The van der Waals surface area contributed by atoms with Crippen molar-refractivity contribution in [1.29, 1.82) is 0 Å². The number of fused-ring (bicyclic) bond motifs is 2. The summed E-state index contributed by atoms with van der Waals surface area (Å²) in [5.74, 6) is 0. The van der Waals surface area contributed by atoms with Gasteiger partial charge in [-0.05, 0) is 41.3 Å². The normalized spacial score (nSPS) is 15.1. The number of imidazole rings is 1. The average molecular weight is 399 g/mol. The van der Waals surface area contributed by atoms with Crippen LogP contribution in [0.4, 0.5) is 5.69 Å². The molecule has 1 aliphatic heterocycles. The highest BCUT2D eigenvalue weighted by molar-refractivity contribution is 5.92. The average Bonchev–Trinajstić information content (AvgIpc) is 3.27. The molecule has 0 aliphatic carbocycles. The van der Waals surface area contributed by atoms with Gasteiger partial charge in [0.15, 0.2) is 0 Å².